The fourth-order valence-electron chi connectivity index (χ4n) is 2.74. The summed E-state index contributed by atoms with van der Waals surface area (Å²) < 4.78 is 19.2. The molecule has 0 heterocycles. The van der Waals surface area contributed by atoms with Crippen molar-refractivity contribution < 1.29 is 9.13 Å². The molecule has 2 rings (SSSR count). The van der Waals surface area contributed by atoms with Gasteiger partial charge in [0.1, 0.15) is 11.6 Å². The number of rotatable bonds is 4. The van der Waals surface area contributed by atoms with Gasteiger partial charge in [-0.2, -0.15) is 0 Å². The van der Waals surface area contributed by atoms with Crippen molar-refractivity contribution in [3.8, 4) is 5.75 Å². The molecule has 0 amide bonds. The molecule has 0 fully saturated rings. The minimum Gasteiger partial charge on any atom is -0.497 e. The molecule has 0 saturated heterocycles. The van der Waals surface area contributed by atoms with Gasteiger partial charge in [0.05, 0.1) is 13.2 Å². The van der Waals surface area contributed by atoms with Crippen molar-refractivity contribution in [2.45, 2.75) is 44.6 Å². The summed E-state index contributed by atoms with van der Waals surface area (Å²) in [7, 11) is 1.53. The van der Waals surface area contributed by atoms with Gasteiger partial charge in [0.25, 0.3) is 0 Å². The average Bonchev–Trinajstić information content (AvgIpc) is 2.42. The molecule has 110 valence electrons. The molecule has 0 bridgehead atoms. The van der Waals surface area contributed by atoms with Crippen LogP contribution in [-0.4, -0.2) is 7.11 Å². The number of hydrogen-bond acceptors (Lipinski definition) is 3. The van der Waals surface area contributed by atoms with E-state index in [1.54, 1.807) is 12.1 Å². The van der Waals surface area contributed by atoms with E-state index in [2.05, 4.69) is 11.5 Å². The van der Waals surface area contributed by atoms with Crippen molar-refractivity contribution in [1.29, 1.82) is 0 Å². The van der Waals surface area contributed by atoms with E-state index in [0.29, 0.717) is 11.3 Å². The molecule has 0 aromatic heterocycles. The fourth-order valence-corrected chi connectivity index (χ4v) is 2.74. The number of allylic oxidation sites excluding steroid dienone is 1. The Morgan fingerprint density at radius 1 is 1.25 bits per heavy atom. The van der Waals surface area contributed by atoms with E-state index in [1.165, 1.54) is 38.0 Å². The normalized spacial score (nSPS) is 20.4. The molecular weight excluding hydrogens is 255 g/mol. The molecule has 0 radical (unpaired) electrons. The van der Waals surface area contributed by atoms with Crippen molar-refractivity contribution in [3.05, 3.63) is 41.2 Å². The molecule has 1 aliphatic rings. The minimum atomic E-state index is -0.282. The third-order valence-electron chi connectivity index (χ3n) is 3.88. The van der Waals surface area contributed by atoms with E-state index in [0.717, 1.165) is 19.3 Å². The maximum absolute atomic E-state index is 14.2. The first-order valence-corrected chi connectivity index (χ1v) is 7.24. The van der Waals surface area contributed by atoms with Crippen molar-refractivity contribution >= 4 is 0 Å². The third kappa shape index (κ3) is 3.58. The quantitative estimate of drug-likeness (QED) is 0.502. The van der Waals surface area contributed by atoms with E-state index in [1.807, 2.05) is 0 Å². The number of nitrogens with two attached hydrogens (primary N) is 1. The predicted octanol–water partition coefficient (Wildman–Crippen LogP) is 3.62. The Labute approximate surface area is 120 Å². The highest BCUT2D eigenvalue weighted by Gasteiger charge is 2.19. The van der Waals surface area contributed by atoms with Crippen molar-refractivity contribution in [2.75, 3.05) is 7.11 Å². The van der Waals surface area contributed by atoms with Crippen LogP contribution < -0.4 is 16.0 Å². The van der Waals surface area contributed by atoms with Gasteiger partial charge in [-0.15, -0.1) is 0 Å². The lowest BCUT2D eigenvalue weighted by molar-refractivity contribution is 0.409. The average molecular weight is 278 g/mol. The molecule has 1 unspecified atom stereocenters. The predicted molar refractivity (Wildman–Crippen MR) is 78.8 cm³/mol. The summed E-state index contributed by atoms with van der Waals surface area (Å²) in [5.41, 5.74) is 4.54. The molecule has 1 aliphatic carbocycles. The highest BCUT2D eigenvalue weighted by Crippen LogP contribution is 2.31. The summed E-state index contributed by atoms with van der Waals surface area (Å²) in [5, 5.41) is 0. The first-order valence-electron chi connectivity index (χ1n) is 7.24. The Kier molecular flexibility index (Phi) is 5.56. The van der Waals surface area contributed by atoms with Crippen LogP contribution >= 0.6 is 0 Å². The standard InChI is InChI=1S/C16H23FN2O/c1-20-13-9-10-14(15(17)11-13)16(19-18)12-7-5-3-2-4-6-8-12/h7,9-11,16,19H,2-6,8,18H2,1H3/b12-7+. The van der Waals surface area contributed by atoms with Gasteiger partial charge in [-0.25, -0.2) is 9.82 Å². The lowest BCUT2D eigenvalue weighted by atomic mass is 9.91. The summed E-state index contributed by atoms with van der Waals surface area (Å²) in [4.78, 5) is 0. The molecule has 0 spiro atoms. The number of nitrogens with one attached hydrogen (secondary N) is 1. The zero-order valence-corrected chi connectivity index (χ0v) is 12.0. The monoisotopic (exact) mass is 278 g/mol. The van der Waals surface area contributed by atoms with Crippen LogP contribution in [0.1, 0.15) is 50.1 Å². The second-order valence-electron chi connectivity index (χ2n) is 5.22. The van der Waals surface area contributed by atoms with Crippen LogP contribution in [-0.2, 0) is 0 Å². The molecular formula is C16H23FN2O. The number of hydrogen-bond donors (Lipinski definition) is 2. The number of hydrazine groups is 1. The second kappa shape index (κ2) is 7.41. The Morgan fingerprint density at radius 3 is 2.75 bits per heavy atom. The lowest BCUT2D eigenvalue weighted by Crippen LogP contribution is -2.30. The maximum Gasteiger partial charge on any atom is 0.132 e. The van der Waals surface area contributed by atoms with Gasteiger partial charge in [0, 0.05) is 11.6 Å². The number of methoxy groups -OCH3 is 1. The van der Waals surface area contributed by atoms with E-state index < -0.39 is 0 Å². The molecule has 0 aliphatic heterocycles. The van der Waals surface area contributed by atoms with Gasteiger partial charge in [-0.3, -0.25) is 5.84 Å². The number of halogens is 1. The number of benzene rings is 1. The van der Waals surface area contributed by atoms with Gasteiger partial charge >= 0.3 is 0 Å². The Balaban J connectivity index is 2.26. The van der Waals surface area contributed by atoms with Crippen molar-refractivity contribution in [3.63, 3.8) is 0 Å². The Morgan fingerprint density at radius 2 is 2.05 bits per heavy atom. The smallest absolute Gasteiger partial charge is 0.132 e. The second-order valence-corrected chi connectivity index (χ2v) is 5.22. The number of ether oxygens (including phenoxy) is 1. The SMILES string of the molecule is COc1ccc(C(NN)/C2=C/CCCCCC2)c(F)c1. The highest BCUT2D eigenvalue weighted by atomic mass is 19.1. The molecule has 1 aromatic carbocycles. The third-order valence-corrected chi connectivity index (χ3v) is 3.88. The summed E-state index contributed by atoms with van der Waals surface area (Å²) >= 11 is 0. The largest absolute Gasteiger partial charge is 0.497 e. The van der Waals surface area contributed by atoms with Gasteiger partial charge in [-0.1, -0.05) is 30.6 Å². The van der Waals surface area contributed by atoms with Crippen LogP contribution in [0.5, 0.6) is 5.75 Å². The zero-order chi connectivity index (χ0) is 14.4. The van der Waals surface area contributed by atoms with Crippen LogP contribution in [0.25, 0.3) is 0 Å². The molecule has 3 nitrogen and oxygen atoms in total. The van der Waals surface area contributed by atoms with E-state index in [-0.39, 0.29) is 11.9 Å². The van der Waals surface area contributed by atoms with Gasteiger partial charge in [0.15, 0.2) is 0 Å². The Hall–Kier alpha value is -1.39. The van der Waals surface area contributed by atoms with Crippen LogP contribution in [0, 0.1) is 5.82 Å². The van der Waals surface area contributed by atoms with E-state index in [9.17, 15) is 4.39 Å². The topological polar surface area (TPSA) is 47.3 Å². The molecule has 20 heavy (non-hydrogen) atoms. The molecule has 4 heteroatoms. The van der Waals surface area contributed by atoms with Gasteiger partial charge in [-0.05, 0) is 31.7 Å². The van der Waals surface area contributed by atoms with E-state index >= 15 is 0 Å². The maximum atomic E-state index is 14.2. The van der Waals surface area contributed by atoms with Gasteiger partial charge in [0.2, 0.25) is 0 Å². The molecule has 1 atom stereocenters. The van der Waals surface area contributed by atoms with Crippen LogP contribution in [0.15, 0.2) is 29.8 Å². The zero-order valence-electron chi connectivity index (χ0n) is 12.0. The van der Waals surface area contributed by atoms with Gasteiger partial charge < -0.3 is 4.74 Å². The van der Waals surface area contributed by atoms with Crippen LogP contribution in [0.4, 0.5) is 4.39 Å². The van der Waals surface area contributed by atoms with Crippen LogP contribution in [0.2, 0.25) is 0 Å². The van der Waals surface area contributed by atoms with Crippen molar-refractivity contribution in [1.82, 2.24) is 5.43 Å². The minimum absolute atomic E-state index is 0.251. The fraction of sp³-hybridized carbons (Fsp3) is 0.500. The first-order chi connectivity index (χ1) is 9.76. The molecule has 3 N–H and O–H groups in total. The summed E-state index contributed by atoms with van der Waals surface area (Å²) in [6, 6.07) is 4.67. The summed E-state index contributed by atoms with van der Waals surface area (Å²) in [5.74, 6) is 5.92. The summed E-state index contributed by atoms with van der Waals surface area (Å²) in [6.07, 6.45) is 9.09. The summed E-state index contributed by atoms with van der Waals surface area (Å²) in [6.45, 7) is 0. The molecule has 1 aromatic rings. The van der Waals surface area contributed by atoms with Crippen LogP contribution in [0.3, 0.4) is 0 Å². The van der Waals surface area contributed by atoms with Crippen molar-refractivity contribution in [2.24, 2.45) is 5.84 Å². The highest BCUT2D eigenvalue weighted by molar-refractivity contribution is 5.35. The Bertz CT molecular complexity index is 474. The molecule has 0 saturated carbocycles. The lowest BCUT2D eigenvalue weighted by Gasteiger charge is -2.22. The first kappa shape index (κ1) is 15.0. The van der Waals surface area contributed by atoms with E-state index in [4.69, 9.17) is 10.6 Å².